The van der Waals surface area contributed by atoms with Crippen LogP contribution < -0.4 is 10.1 Å². The monoisotopic (exact) mass is 295 g/mol. The van der Waals surface area contributed by atoms with Crippen LogP contribution in [0.4, 0.5) is 0 Å². The van der Waals surface area contributed by atoms with Gasteiger partial charge < -0.3 is 14.5 Å². The molecule has 0 aliphatic carbocycles. The van der Waals surface area contributed by atoms with Gasteiger partial charge in [-0.1, -0.05) is 6.92 Å². The fourth-order valence-electron chi connectivity index (χ4n) is 1.92. The van der Waals surface area contributed by atoms with Crippen molar-refractivity contribution >= 4 is 11.6 Å². The van der Waals surface area contributed by atoms with Crippen molar-refractivity contribution in [2.24, 2.45) is 0 Å². The van der Waals surface area contributed by atoms with Gasteiger partial charge >= 0.3 is 0 Å². The van der Waals surface area contributed by atoms with Crippen LogP contribution >= 0.6 is 11.6 Å². The maximum absolute atomic E-state index is 5.85. The van der Waals surface area contributed by atoms with Crippen LogP contribution in [0.1, 0.15) is 30.8 Å². The molecule has 6 heteroatoms. The number of halogens is 1. The molecule has 0 spiro atoms. The molecule has 1 N–H and O–H groups in total. The van der Waals surface area contributed by atoms with Gasteiger partial charge in [-0.2, -0.15) is 0 Å². The van der Waals surface area contributed by atoms with Crippen molar-refractivity contribution in [3.63, 3.8) is 0 Å². The Labute approximate surface area is 123 Å². The number of rotatable bonds is 7. The van der Waals surface area contributed by atoms with Crippen LogP contribution in [0.2, 0.25) is 5.22 Å². The minimum atomic E-state index is 0.0297. The Bertz CT molecular complexity index is 545. The van der Waals surface area contributed by atoms with E-state index in [2.05, 4.69) is 22.2 Å². The highest BCUT2D eigenvalue weighted by Gasteiger charge is 2.16. The van der Waals surface area contributed by atoms with E-state index in [9.17, 15) is 0 Å². The van der Waals surface area contributed by atoms with Crippen LogP contribution in [0.5, 0.6) is 5.88 Å². The number of ether oxygens (including phenoxy) is 1. The van der Waals surface area contributed by atoms with Gasteiger partial charge in [0.1, 0.15) is 12.1 Å². The van der Waals surface area contributed by atoms with Gasteiger partial charge in [0, 0.05) is 18.2 Å². The van der Waals surface area contributed by atoms with Gasteiger partial charge in [-0.3, -0.25) is 0 Å². The highest BCUT2D eigenvalue weighted by Crippen LogP contribution is 2.23. The molecule has 0 bridgehead atoms. The maximum Gasteiger partial charge on any atom is 0.216 e. The average Bonchev–Trinajstić information content (AvgIpc) is 2.90. The molecular weight excluding hydrogens is 278 g/mol. The van der Waals surface area contributed by atoms with Gasteiger partial charge in [-0.15, -0.1) is 0 Å². The van der Waals surface area contributed by atoms with Crippen molar-refractivity contribution in [2.75, 3.05) is 13.7 Å². The van der Waals surface area contributed by atoms with Crippen LogP contribution in [0.15, 0.2) is 28.9 Å². The van der Waals surface area contributed by atoms with E-state index in [4.69, 9.17) is 20.8 Å². The minimum absolute atomic E-state index is 0.0297. The van der Waals surface area contributed by atoms with Crippen molar-refractivity contribution in [1.29, 1.82) is 0 Å². The summed E-state index contributed by atoms with van der Waals surface area (Å²) in [7, 11) is 1.59. The third-order valence-corrected chi connectivity index (χ3v) is 3.10. The predicted octanol–water partition coefficient (Wildman–Crippen LogP) is 3.02. The minimum Gasteiger partial charge on any atom is -0.481 e. The summed E-state index contributed by atoms with van der Waals surface area (Å²) in [5.41, 5.74) is 0.887. The summed E-state index contributed by atoms with van der Waals surface area (Å²) in [6.07, 6.45) is 3.22. The summed E-state index contributed by atoms with van der Waals surface area (Å²) in [6.45, 7) is 3.01. The molecule has 0 aliphatic rings. The van der Waals surface area contributed by atoms with Crippen LogP contribution in [-0.2, 0) is 6.42 Å². The second-order valence-electron chi connectivity index (χ2n) is 4.40. The zero-order valence-corrected chi connectivity index (χ0v) is 12.4. The summed E-state index contributed by atoms with van der Waals surface area (Å²) in [5, 5.41) is 3.82. The summed E-state index contributed by atoms with van der Waals surface area (Å²) >= 11 is 5.85. The van der Waals surface area contributed by atoms with Crippen LogP contribution in [0.3, 0.4) is 0 Å². The van der Waals surface area contributed by atoms with Crippen molar-refractivity contribution in [3.8, 4) is 5.88 Å². The molecule has 0 radical (unpaired) electrons. The first-order chi connectivity index (χ1) is 9.72. The molecule has 0 amide bonds. The van der Waals surface area contributed by atoms with Crippen LogP contribution in [0.25, 0.3) is 0 Å². The molecule has 5 nitrogen and oxygen atoms in total. The number of furan rings is 1. The van der Waals surface area contributed by atoms with Crippen molar-refractivity contribution in [3.05, 3.63) is 41.2 Å². The lowest BCUT2D eigenvalue weighted by atomic mass is 10.1. The van der Waals surface area contributed by atoms with E-state index in [0.717, 1.165) is 24.4 Å². The van der Waals surface area contributed by atoms with E-state index in [1.165, 1.54) is 6.33 Å². The molecule has 2 heterocycles. The molecule has 0 aromatic carbocycles. The number of nitrogens with zero attached hydrogens (tertiary/aromatic N) is 2. The summed E-state index contributed by atoms with van der Waals surface area (Å²) in [4.78, 5) is 8.27. The third kappa shape index (κ3) is 3.95. The number of nitrogens with one attached hydrogen (secondary N) is 1. The Balaban J connectivity index is 2.14. The zero-order chi connectivity index (χ0) is 14.4. The second kappa shape index (κ2) is 7.26. The summed E-state index contributed by atoms with van der Waals surface area (Å²) < 4.78 is 10.6. The Morgan fingerprint density at radius 2 is 2.25 bits per heavy atom. The average molecular weight is 296 g/mol. The summed E-state index contributed by atoms with van der Waals surface area (Å²) in [5.74, 6) is 1.36. The lowest BCUT2D eigenvalue weighted by molar-refractivity contribution is 0.391. The number of methoxy groups -OCH3 is 1. The van der Waals surface area contributed by atoms with E-state index in [1.54, 1.807) is 13.2 Å². The molecule has 2 rings (SSSR count). The molecule has 0 aliphatic heterocycles. The largest absolute Gasteiger partial charge is 0.481 e. The highest BCUT2D eigenvalue weighted by molar-refractivity contribution is 6.28. The quantitative estimate of drug-likeness (QED) is 0.851. The molecule has 1 atom stereocenters. The predicted molar refractivity (Wildman–Crippen MR) is 77.0 cm³/mol. The zero-order valence-electron chi connectivity index (χ0n) is 11.6. The molecule has 0 fully saturated rings. The van der Waals surface area contributed by atoms with E-state index in [1.807, 2.05) is 12.1 Å². The standard InChI is InChI=1S/C14H18ClN3O2/c1-3-6-16-11(12-4-5-13(15)20-12)7-10-8-14(19-2)18-9-17-10/h4-5,8-9,11,16H,3,6-7H2,1-2H3. The molecule has 0 saturated carbocycles. The first-order valence-electron chi connectivity index (χ1n) is 6.56. The van der Waals surface area contributed by atoms with E-state index in [-0.39, 0.29) is 6.04 Å². The normalized spacial score (nSPS) is 12.3. The van der Waals surface area contributed by atoms with Crippen LogP contribution in [-0.4, -0.2) is 23.6 Å². The fourth-order valence-corrected chi connectivity index (χ4v) is 2.07. The van der Waals surface area contributed by atoms with Gasteiger partial charge in [0.05, 0.1) is 13.2 Å². The number of aromatic nitrogens is 2. The Kier molecular flexibility index (Phi) is 5.38. The Hall–Kier alpha value is -1.59. The van der Waals surface area contributed by atoms with Crippen molar-refractivity contribution in [2.45, 2.75) is 25.8 Å². The Morgan fingerprint density at radius 3 is 2.90 bits per heavy atom. The lowest BCUT2D eigenvalue weighted by Crippen LogP contribution is -2.24. The topological polar surface area (TPSA) is 60.2 Å². The number of hydrogen-bond donors (Lipinski definition) is 1. The van der Waals surface area contributed by atoms with Gasteiger partial charge in [0.15, 0.2) is 5.22 Å². The van der Waals surface area contributed by atoms with E-state index < -0.39 is 0 Å². The molecule has 20 heavy (non-hydrogen) atoms. The maximum atomic E-state index is 5.85. The SMILES string of the molecule is CCCNC(Cc1cc(OC)ncn1)c1ccc(Cl)o1. The molecule has 108 valence electrons. The molecule has 2 aromatic heterocycles. The van der Waals surface area contributed by atoms with Crippen molar-refractivity contribution in [1.82, 2.24) is 15.3 Å². The van der Waals surface area contributed by atoms with E-state index >= 15 is 0 Å². The van der Waals surface area contributed by atoms with Gasteiger partial charge in [0.25, 0.3) is 0 Å². The van der Waals surface area contributed by atoms with Gasteiger partial charge in [-0.25, -0.2) is 9.97 Å². The third-order valence-electron chi connectivity index (χ3n) is 2.90. The fraction of sp³-hybridized carbons (Fsp3) is 0.429. The molecule has 0 saturated heterocycles. The second-order valence-corrected chi connectivity index (χ2v) is 4.78. The first kappa shape index (κ1) is 14.8. The summed E-state index contributed by atoms with van der Waals surface area (Å²) in [6, 6.07) is 5.49. The van der Waals surface area contributed by atoms with Crippen LogP contribution in [0, 0.1) is 0 Å². The smallest absolute Gasteiger partial charge is 0.216 e. The Morgan fingerprint density at radius 1 is 1.40 bits per heavy atom. The molecular formula is C14H18ClN3O2. The van der Waals surface area contributed by atoms with Crippen molar-refractivity contribution < 1.29 is 9.15 Å². The highest BCUT2D eigenvalue weighted by atomic mass is 35.5. The van der Waals surface area contributed by atoms with Gasteiger partial charge in [0.2, 0.25) is 5.88 Å². The molecule has 1 unspecified atom stereocenters. The molecule has 2 aromatic rings. The van der Waals surface area contributed by atoms with Gasteiger partial charge in [-0.05, 0) is 36.7 Å². The van der Waals surface area contributed by atoms with E-state index in [0.29, 0.717) is 17.5 Å². The lowest BCUT2D eigenvalue weighted by Gasteiger charge is -2.16. The number of hydrogen-bond acceptors (Lipinski definition) is 5. The first-order valence-corrected chi connectivity index (χ1v) is 6.94.